The lowest BCUT2D eigenvalue weighted by Crippen LogP contribution is -2.38. The molecule has 0 unspecified atom stereocenters. The predicted molar refractivity (Wildman–Crippen MR) is 142 cm³/mol. The SMILES string of the molecule is COS(=O)(=O)[O-].Cn1c(Cl)cc(-c2ccccc2)[n+]1C.Cn1c(Cl)cc(-c2ccccc2)[n+]1C.O=S(=O)([O-])[O-].[H+]. The molecule has 0 spiro atoms. The topological polar surface area (TPSA) is 164 Å². The maximum atomic E-state index is 9.22. The summed E-state index contributed by atoms with van der Waals surface area (Å²) in [5.74, 6) is 0. The summed E-state index contributed by atoms with van der Waals surface area (Å²) in [6.45, 7) is 0. The van der Waals surface area contributed by atoms with E-state index in [1.54, 1.807) is 0 Å². The zero-order chi connectivity index (χ0) is 30.0. The Hall–Kier alpha value is -2.82. The van der Waals surface area contributed by atoms with Crippen molar-refractivity contribution in [2.75, 3.05) is 7.11 Å². The minimum absolute atomic E-state index is 0. The minimum atomic E-state index is -5.17. The maximum Gasteiger partial charge on any atom is 1.00 e. The monoisotopic (exact) mass is 622 g/mol. The number of aromatic nitrogens is 4. The highest BCUT2D eigenvalue weighted by molar-refractivity contribution is 7.80. The quantitative estimate of drug-likeness (QED) is 0.190. The summed E-state index contributed by atoms with van der Waals surface area (Å²) >= 11 is 12.1. The second-order valence-electron chi connectivity index (χ2n) is 7.51. The molecule has 0 N–H and O–H groups in total. The van der Waals surface area contributed by atoms with Crippen molar-refractivity contribution in [2.45, 2.75) is 0 Å². The van der Waals surface area contributed by atoms with Crippen LogP contribution in [0.2, 0.25) is 10.3 Å². The summed E-state index contributed by atoms with van der Waals surface area (Å²) < 4.78 is 73.0. The molecule has 2 aromatic carbocycles. The molecular weight excluding hydrogens is 595 g/mol. The molecule has 16 heteroatoms. The van der Waals surface area contributed by atoms with E-state index in [1.165, 1.54) is 11.1 Å². The number of hydrogen-bond acceptors (Lipinski definition) is 8. The summed E-state index contributed by atoms with van der Waals surface area (Å²) in [6, 6.07) is 24.4. The van der Waals surface area contributed by atoms with Crippen LogP contribution in [0.4, 0.5) is 0 Å². The molecule has 4 rings (SSSR count). The van der Waals surface area contributed by atoms with Crippen LogP contribution in [0.1, 0.15) is 1.43 Å². The lowest BCUT2D eigenvalue weighted by Gasteiger charge is -2.06. The van der Waals surface area contributed by atoms with E-state index in [2.05, 4.69) is 28.4 Å². The van der Waals surface area contributed by atoms with Gasteiger partial charge in [-0.2, -0.15) is 0 Å². The van der Waals surface area contributed by atoms with E-state index in [0.29, 0.717) is 0 Å². The van der Waals surface area contributed by atoms with Gasteiger partial charge in [-0.05, 0) is 24.3 Å². The lowest BCUT2D eigenvalue weighted by atomic mass is 10.1. The Morgan fingerprint density at radius 2 is 0.974 bits per heavy atom. The Balaban J connectivity index is 0.000000552. The Morgan fingerprint density at radius 1 is 0.718 bits per heavy atom. The molecule has 2 aromatic heterocycles. The van der Waals surface area contributed by atoms with Crippen LogP contribution >= 0.6 is 23.2 Å². The van der Waals surface area contributed by atoms with E-state index >= 15 is 0 Å². The number of benzene rings is 2. The van der Waals surface area contributed by atoms with E-state index in [-0.39, 0.29) is 1.43 Å². The van der Waals surface area contributed by atoms with E-state index in [9.17, 15) is 13.0 Å². The van der Waals surface area contributed by atoms with Crippen molar-refractivity contribution in [3.05, 3.63) is 83.1 Å². The van der Waals surface area contributed by atoms with Gasteiger partial charge in [-0.25, -0.2) is 8.42 Å². The van der Waals surface area contributed by atoms with Crippen molar-refractivity contribution in [1.29, 1.82) is 0 Å². The summed E-state index contributed by atoms with van der Waals surface area (Å²) in [7, 11) is -0.904. The normalized spacial score (nSPS) is 10.8. The molecular formula is C23H28Cl2N4O8S2. The molecule has 0 saturated carbocycles. The molecule has 39 heavy (non-hydrogen) atoms. The van der Waals surface area contributed by atoms with Crippen molar-refractivity contribution in [3.8, 4) is 22.5 Å². The smallest absolute Gasteiger partial charge is 0.759 e. The fourth-order valence-corrected chi connectivity index (χ4v) is 3.40. The van der Waals surface area contributed by atoms with Crippen molar-refractivity contribution >= 4 is 44.0 Å². The molecule has 0 aliphatic carbocycles. The Morgan fingerprint density at radius 3 is 1.15 bits per heavy atom. The van der Waals surface area contributed by atoms with Gasteiger partial charge in [-0.1, -0.05) is 59.6 Å². The van der Waals surface area contributed by atoms with E-state index < -0.39 is 20.8 Å². The number of halogens is 2. The second kappa shape index (κ2) is 15.1. The van der Waals surface area contributed by atoms with Crippen LogP contribution in [0.25, 0.3) is 22.5 Å². The largest absolute Gasteiger partial charge is 1.00 e. The van der Waals surface area contributed by atoms with Gasteiger partial charge in [0, 0.05) is 21.5 Å². The van der Waals surface area contributed by atoms with Crippen molar-refractivity contribution in [2.24, 2.45) is 28.2 Å². The Labute approximate surface area is 239 Å². The van der Waals surface area contributed by atoms with Crippen LogP contribution in [-0.2, 0) is 53.2 Å². The first kappa shape index (κ1) is 34.2. The fraction of sp³-hybridized carbons (Fsp3) is 0.217. The highest BCUT2D eigenvalue weighted by Gasteiger charge is 2.17. The average Bonchev–Trinajstić information content (AvgIpc) is 3.28. The molecule has 0 aliphatic rings. The van der Waals surface area contributed by atoms with Crippen LogP contribution in [-0.4, -0.2) is 47.0 Å². The van der Waals surface area contributed by atoms with Gasteiger partial charge in [0.15, 0.2) is 24.4 Å². The van der Waals surface area contributed by atoms with E-state index in [4.69, 9.17) is 40.7 Å². The Bertz CT molecular complexity index is 1470. The number of hydrogen-bond donors (Lipinski definition) is 0. The summed E-state index contributed by atoms with van der Waals surface area (Å²) in [5.41, 5.74) is 4.60. The Kier molecular flexibility index (Phi) is 13.2. The van der Waals surface area contributed by atoms with E-state index in [0.717, 1.165) is 28.8 Å². The molecule has 0 bridgehead atoms. The highest BCUT2D eigenvalue weighted by Crippen LogP contribution is 2.19. The average molecular weight is 624 g/mol. The third kappa shape index (κ3) is 12.3. The fourth-order valence-electron chi connectivity index (χ4n) is 2.97. The molecule has 0 aliphatic heterocycles. The van der Waals surface area contributed by atoms with Crippen molar-refractivity contribution in [3.63, 3.8) is 0 Å². The van der Waals surface area contributed by atoms with Crippen LogP contribution in [0, 0.1) is 0 Å². The first-order valence-corrected chi connectivity index (χ1v) is 14.1. The van der Waals surface area contributed by atoms with Crippen LogP contribution < -0.4 is 9.36 Å². The molecule has 0 fully saturated rings. The third-order valence-electron chi connectivity index (χ3n) is 5.07. The molecule has 0 amide bonds. The van der Waals surface area contributed by atoms with Gasteiger partial charge < -0.3 is 13.7 Å². The zero-order valence-corrected chi connectivity index (χ0v) is 24.7. The van der Waals surface area contributed by atoms with Gasteiger partial charge in [0.05, 0.1) is 33.3 Å². The van der Waals surface area contributed by atoms with Gasteiger partial charge in [0.2, 0.25) is 21.8 Å². The third-order valence-corrected chi connectivity index (χ3v) is 6.19. The predicted octanol–water partition coefficient (Wildman–Crippen LogP) is 2.21. The van der Waals surface area contributed by atoms with Gasteiger partial charge in [-0.3, -0.25) is 12.6 Å². The van der Waals surface area contributed by atoms with Gasteiger partial charge in [0.1, 0.15) is 0 Å². The number of rotatable bonds is 3. The molecule has 214 valence electrons. The molecule has 4 aromatic rings. The lowest BCUT2D eigenvalue weighted by molar-refractivity contribution is -0.741. The summed E-state index contributed by atoms with van der Waals surface area (Å²) in [5, 5.41) is 1.48. The molecule has 0 radical (unpaired) electrons. The minimum Gasteiger partial charge on any atom is -0.759 e. The highest BCUT2D eigenvalue weighted by atomic mass is 35.5. The van der Waals surface area contributed by atoms with Gasteiger partial charge in [-0.15, -0.1) is 18.7 Å². The van der Waals surface area contributed by atoms with Crippen LogP contribution in [0.15, 0.2) is 72.8 Å². The van der Waals surface area contributed by atoms with Crippen molar-refractivity contribution < 1.29 is 45.5 Å². The van der Waals surface area contributed by atoms with Crippen molar-refractivity contribution in [1.82, 2.24) is 9.36 Å². The van der Waals surface area contributed by atoms with Crippen LogP contribution in [0.3, 0.4) is 0 Å². The first-order chi connectivity index (χ1) is 18.0. The summed E-state index contributed by atoms with van der Waals surface area (Å²) in [4.78, 5) is 0. The first-order valence-electron chi connectivity index (χ1n) is 10.7. The number of nitrogens with zero attached hydrogens (tertiary/aromatic N) is 4. The van der Waals surface area contributed by atoms with E-state index in [1.807, 2.05) is 95.4 Å². The second-order valence-corrected chi connectivity index (χ2v) is 10.3. The van der Waals surface area contributed by atoms with Gasteiger partial charge in [0.25, 0.3) is 0 Å². The van der Waals surface area contributed by atoms with Crippen LogP contribution in [0.5, 0.6) is 0 Å². The van der Waals surface area contributed by atoms with Gasteiger partial charge >= 0.3 is 1.43 Å². The summed E-state index contributed by atoms with van der Waals surface area (Å²) in [6.07, 6.45) is 0. The maximum absolute atomic E-state index is 9.22. The molecule has 12 nitrogen and oxygen atoms in total. The molecule has 2 heterocycles. The molecule has 0 atom stereocenters. The zero-order valence-electron chi connectivity index (χ0n) is 22.6. The standard InChI is InChI=1S/2C11H12ClN2.CH4O4S.H2O4S/c2*1-13-10(8-11(12)14(13)2)9-6-4-3-5-7-9;1-5-6(2,3)4;1-5(2,3)4/h2*3-8H,1-2H3;1H3,(H,2,3,4);(H2,1,2,3,4)/q2*+1;;/p-2. The molecule has 0 saturated heterocycles.